The molecule has 3 rings (SSSR count). The Labute approximate surface area is 190 Å². The SMILES string of the molecule is COc1ccc(S(=O)(=O)N(Cc2cccc(Br)c2)c2c(C)cc(C)cc2C(=O)O)cc1. The van der Waals surface area contributed by atoms with Gasteiger partial charge in [-0.3, -0.25) is 4.31 Å². The minimum absolute atomic E-state index is 0.0298. The molecule has 0 aliphatic heterocycles. The number of ether oxygens (including phenoxy) is 1. The quantitative estimate of drug-likeness (QED) is 0.480. The van der Waals surface area contributed by atoms with Crippen LogP contribution in [0.2, 0.25) is 0 Å². The standard InChI is InChI=1S/C23H22BrNO5S/c1-15-11-16(2)22(21(12-15)23(26)27)25(14-17-5-4-6-18(24)13-17)31(28,29)20-9-7-19(30-3)8-10-20/h4-13H,14H2,1-3H3,(H,26,27). The second-order valence-corrected chi connectivity index (χ2v) is 9.88. The van der Waals surface area contributed by atoms with Crippen molar-refractivity contribution < 1.29 is 23.1 Å². The highest BCUT2D eigenvalue weighted by atomic mass is 79.9. The van der Waals surface area contributed by atoms with E-state index >= 15 is 0 Å². The number of carbonyl (C=O) groups is 1. The van der Waals surface area contributed by atoms with Gasteiger partial charge in [-0.25, -0.2) is 13.2 Å². The maximum Gasteiger partial charge on any atom is 0.337 e. The summed E-state index contributed by atoms with van der Waals surface area (Å²) < 4.78 is 34.5. The van der Waals surface area contributed by atoms with Crippen LogP contribution in [0.3, 0.4) is 0 Å². The fourth-order valence-corrected chi connectivity index (χ4v) is 5.40. The van der Waals surface area contributed by atoms with Gasteiger partial charge >= 0.3 is 5.97 Å². The van der Waals surface area contributed by atoms with E-state index in [1.165, 1.54) is 25.3 Å². The summed E-state index contributed by atoms with van der Waals surface area (Å²) in [5.74, 6) is -0.666. The van der Waals surface area contributed by atoms with Gasteiger partial charge in [0.1, 0.15) is 5.75 Å². The third kappa shape index (κ3) is 4.91. The molecule has 0 amide bonds. The van der Waals surface area contributed by atoms with Gasteiger partial charge < -0.3 is 9.84 Å². The van der Waals surface area contributed by atoms with Gasteiger partial charge in [0.2, 0.25) is 0 Å². The predicted octanol–water partition coefficient (Wildman–Crippen LogP) is 5.17. The van der Waals surface area contributed by atoms with Crippen molar-refractivity contribution in [2.75, 3.05) is 11.4 Å². The topological polar surface area (TPSA) is 83.9 Å². The lowest BCUT2D eigenvalue weighted by atomic mass is 10.0. The van der Waals surface area contributed by atoms with Crippen LogP contribution in [-0.2, 0) is 16.6 Å². The molecule has 0 radical (unpaired) electrons. The molecule has 1 N–H and O–H groups in total. The molecule has 6 nitrogen and oxygen atoms in total. The maximum absolute atomic E-state index is 13.7. The number of aryl methyl sites for hydroxylation is 2. The lowest BCUT2D eigenvalue weighted by Crippen LogP contribution is -2.32. The van der Waals surface area contributed by atoms with E-state index in [9.17, 15) is 18.3 Å². The summed E-state index contributed by atoms with van der Waals surface area (Å²) >= 11 is 3.41. The van der Waals surface area contributed by atoms with Crippen LogP contribution in [0, 0.1) is 13.8 Å². The normalized spacial score (nSPS) is 11.2. The molecule has 0 aliphatic rings. The molecule has 3 aromatic rings. The van der Waals surface area contributed by atoms with E-state index in [4.69, 9.17) is 4.74 Å². The second kappa shape index (κ2) is 9.11. The molecule has 31 heavy (non-hydrogen) atoms. The van der Waals surface area contributed by atoms with Crippen molar-refractivity contribution in [2.45, 2.75) is 25.3 Å². The Morgan fingerprint density at radius 3 is 2.32 bits per heavy atom. The van der Waals surface area contributed by atoms with Crippen LogP contribution in [0.25, 0.3) is 0 Å². The first-order chi connectivity index (χ1) is 14.6. The molecule has 0 saturated carbocycles. The molecule has 8 heteroatoms. The maximum atomic E-state index is 13.7. The predicted molar refractivity (Wildman–Crippen MR) is 123 cm³/mol. The van der Waals surface area contributed by atoms with E-state index < -0.39 is 16.0 Å². The summed E-state index contributed by atoms with van der Waals surface area (Å²) in [4.78, 5) is 12.1. The van der Waals surface area contributed by atoms with Crippen molar-refractivity contribution in [2.24, 2.45) is 0 Å². The highest BCUT2D eigenvalue weighted by molar-refractivity contribution is 9.10. The minimum Gasteiger partial charge on any atom is -0.497 e. The number of hydrogen-bond donors (Lipinski definition) is 1. The second-order valence-electron chi connectivity index (χ2n) is 7.10. The summed E-state index contributed by atoms with van der Waals surface area (Å²) in [6.07, 6.45) is 0. The highest BCUT2D eigenvalue weighted by Crippen LogP contribution is 2.34. The van der Waals surface area contributed by atoms with Crippen molar-refractivity contribution in [3.05, 3.63) is 87.4 Å². The van der Waals surface area contributed by atoms with Crippen LogP contribution in [0.4, 0.5) is 5.69 Å². The zero-order valence-electron chi connectivity index (χ0n) is 17.3. The molecule has 0 aliphatic carbocycles. The Morgan fingerprint density at radius 2 is 1.74 bits per heavy atom. The number of anilines is 1. The van der Waals surface area contributed by atoms with Gasteiger partial charge in [0, 0.05) is 4.47 Å². The molecule has 3 aromatic carbocycles. The van der Waals surface area contributed by atoms with Crippen molar-refractivity contribution in [3.8, 4) is 5.75 Å². The number of carboxylic acid groups (broad SMARTS) is 1. The Kier molecular flexibility index (Phi) is 6.71. The first-order valence-electron chi connectivity index (χ1n) is 9.39. The van der Waals surface area contributed by atoms with Crippen molar-refractivity contribution >= 4 is 37.6 Å². The number of nitrogens with zero attached hydrogens (tertiary/aromatic N) is 1. The fourth-order valence-electron chi connectivity index (χ4n) is 3.41. The molecule has 0 heterocycles. The number of rotatable bonds is 7. The molecule has 0 fully saturated rings. The Morgan fingerprint density at radius 1 is 1.06 bits per heavy atom. The average molecular weight is 504 g/mol. The summed E-state index contributed by atoms with van der Waals surface area (Å²) in [6.45, 7) is 3.46. The van der Waals surface area contributed by atoms with Gasteiger partial charge in [0.05, 0.1) is 29.8 Å². The van der Waals surface area contributed by atoms with Crippen molar-refractivity contribution in [3.63, 3.8) is 0 Å². The van der Waals surface area contributed by atoms with Crippen LogP contribution in [-0.4, -0.2) is 26.6 Å². The molecular formula is C23H22BrNO5S. The molecule has 0 aromatic heterocycles. The number of halogens is 1. The van der Waals surface area contributed by atoms with Crippen LogP contribution in [0.15, 0.2) is 70.0 Å². The fraction of sp³-hybridized carbons (Fsp3) is 0.174. The van der Waals surface area contributed by atoms with Crippen LogP contribution in [0.1, 0.15) is 27.0 Å². The number of sulfonamides is 1. The number of methoxy groups -OCH3 is 1. The molecule has 0 bridgehead atoms. The van der Waals surface area contributed by atoms with Crippen LogP contribution in [0.5, 0.6) is 5.75 Å². The van der Waals surface area contributed by atoms with Crippen molar-refractivity contribution in [1.82, 2.24) is 0 Å². The van der Waals surface area contributed by atoms with Gasteiger partial charge in [0.25, 0.3) is 10.0 Å². The number of carboxylic acids is 1. The molecule has 0 saturated heterocycles. The van der Waals surface area contributed by atoms with Gasteiger partial charge in [0.15, 0.2) is 0 Å². The number of hydrogen-bond acceptors (Lipinski definition) is 4. The van der Waals surface area contributed by atoms with E-state index in [1.807, 2.05) is 6.07 Å². The lowest BCUT2D eigenvalue weighted by molar-refractivity contribution is 0.0697. The van der Waals surface area contributed by atoms with Crippen LogP contribution >= 0.6 is 15.9 Å². The van der Waals surface area contributed by atoms with E-state index in [0.717, 1.165) is 14.3 Å². The van der Waals surface area contributed by atoms with Gasteiger partial charge in [-0.2, -0.15) is 0 Å². The molecule has 162 valence electrons. The molecule has 0 unspecified atom stereocenters. The summed E-state index contributed by atoms with van der Waals surface area (Å²) in [5, 5.41) is 9.83. The molecule has 0 atom stereocenters. The van der Waals surface area contributed by atoms with E-state index in [0.29, 0.717) is 16.9 Å². The first-order valence-corrected chi connectivity index (χ1v) is 11.6. The van der Waals surface area contributed by atoms with Crippen LogP contribution < -0.4 is 9.04 Å². The Bertz CT molecular complexity index is 1220. The third-order valence-corrected chi connectivity index (χ3v) is 7.04. The van der Waals surface area contributed by atoms with Gasteiger partial charge in [-0.1, -0.05) is 34.1 Å². The first kappa shape index (κ1) is 22.8. The van der Waals surface area contributed by atoms with E-state index in [1.54, 1.807) is 50.2 Å². The lowest BCUT2D eigenvalue weighted by Gasteiger charge is -2.28. The molecular weight excluding hydrogens is 482 g/mol. The smallest absolute Gasteiger partial charge is 0.337 e. The van der Waals surface area contributed by atoms with Gasteiger partial charge in [-0.05, 0) is 73.0 Å². The van der Waals surface area contributed by atoms with Crippen molar-refractivity contribution in [1.29, 1.82) is 0 Å². The monoisotopic (exact) mass is 503 g/mol. The van der Waals surface area contributed by atoms with E-state index in [2.05, 4.69) is 15.9 Å². The van der Waals surface area contributed by atoms with Gasteiger partial charge in [-0.15, -0.1) is 0 Å². The number of aromatic carboxylic acids is 1. The summed E-state index contributed by atoms with van der Waals surface area (Å²) in [6, 6.07) is 16.5. The third-order valence-electron chi connectivity index (χ3n) is 4.79. The highest BCUT2D eigenvalue weighted by Gasteiger charge is 2.30. The Balaban J connectivity index is 2.24. The zero-order valence-corrected chi connectivity index (χ0v) is 19.7. The Hall–Kier alpha value is -2.84. The average Bonchev–Trinajstić information content (AvgIpc) is 2.72. The van der Waals surface area contributed by atoms with E-state index in [-0.39, 0.29) is 22.7 Å². The summed E-state index contributed by atoms with van der Waals surface area (Å²) in [7, 11) is -2.58. The number of benzene rings is 3. The molecule has 0 spiro atoms. The summed E-state index contributed by atoms with van der Waals surface area (Å²) in [5.41, 5.74) is 2.09. The minimum atomic E-state index is -4.08. The largest absolute Gasteiger partial charge is 0.497 e. The zero-order chi connectivity index (χ0) is 22.8.